The van der Waals surface area contributed by atoms with Gasteiger partial charge in [0.05, 0.1) is 13.0 Å². The maximum Gasteiger partial charge on any atom is 0.252 e. The Labute approximate surface area is 131 Å². The number of halogens is 2. The van der Waals surface area contributed by atoms with Gasteiger partial charge in [-0.1, -0.05) is 30.3 Å². The second-order valence-corrected chi connectivity index (χ2v) is 5.33. The zero-order valence-corrected chi connectivity index (χ0v) is 12.1. The van der Waals surface area contributed by atoms with Gasteiger partial charge in [0.1, 0.15) is 6.04 Å². The molecule has 2 aromatic carbocycles. The summed E-state index contributed by atoms with van der Waals surface area (Å²) in [5, 5.41) is 2.79. The number of hydrogen-bond donors (Lipinski definition) is 1. The zero-order chi connectivity index (χ0) is 16.4. The van der Waals surface area contributed by atoms with E-state index in [9.17, 15) is 18.4 Å². The molecule has 0 aliphatic carbocycles. The van der Waals surface area contributed by atoms with Gasteiger partial charge in [-0.05, 0) is 17.7 Å². The van der Waals surface area contributed by atoms with Gasteiger partial charge < -0.3 is 5.32 Å². The number of nitrogens with one attached hydrogen (secondary N) is 1. The fourth-order valence-electron chi connectivity index (χ4n) is 2.52. The smallest absolute Gasteiger partial charge is 0.252 e. The molecular weight excluding hydrogens is 302 g/mol. The monoisotopic (exact) mass is 316 g/mol. The molecule has 2 aromatic rings. The van der Waals surface area contributed by atoms with E-state index in [4.69, 9.17) is 0 Å². The van der Waals surface area contributed by atoms with Gasteiger partial charge in [-0.25, -0.2) is 8.78 Å². The van der Waals surface area contributed by atoms with Crippen molar-refractivity contribution in [1.82, 2.24) is 4.90 Å². The molecule has 0 saturated carbocycles. The van der Waals surface area contributed by atoms with Gasteiger partial charge in [-0.3, -0.25) is 14.5 Å². The van der Waals surface area contributed by atoms with Crippen LogP contribution in [0.3, 0.4) is 0 Å². The summed E-state index contributed by atoms with van der Waals surface area (Å²) in [4.78, 5) is 25.6. The van der Waals surface area contributed by atoms with Crippen LogP contribution in [0.4, 0.5) is 14.5 Å². The second kappa shape index (κ2) is 6.16. The molecule has 1 N–H and O–H groups in total. The Hall–Kier alpha value is -2.76. The first-order valence-corrected chi connectivity index (χ1v) is 7.14. The summed E-state index contributed by atoms with van der Waals surface area (Å²) in [6.45, 7) is 0.203. The Morgan fingerprint density at radius 2 is 1.78 bits per heavy atom. The van der Waals surface area contributed by atoms with Crippen LogP contribution in [0.5, 0.6) is 0 Å². The van der Waals surface area contributed by atoms with E-state index in [-0.39, 0.29) is 30.5 Å². The molecule has 0 bridgehead atoms. The highest BCUT2D eigenvalue weighted by molar-refractivity contribution is 6.06. The van der Waals surface area contributed by atoms with E-state index in [0.717, 1.165) is 17.7 Å². The van der Waals surface area contributed by atoms with Crippen molar-refractivity contribution in [3.05, 3.63) is 65.7 Å². The third-order valence-corrected chi connectivity index (χ3v) is 3.69. The minimum Gasteiger partial charge on any atom is -0.373 e. The van der Waals surface area contributed by atoms with Gasteiger partial charge in [-0.2, -0.15) is 0 Å². The molecule has 1 heterocycles. The lowest BCUT2D eigenvalue weighted by Crippen LogP contribution is -2.34. The van der Waals surface area contributed by atoms with Gasteiger partial charge in [-0.15, -0.1) is 0 Å². The third-order valence-electron chi connectivity index (χ3n) is 3.69. The topological polar surface area (TPSA) is 49.4 Å². The molecule has 0 unspecified atom stereocenters. The van der Waals surface area contributed by atoms with Crippen molar-refractivity contribution in [2.24, 2.45) is 0 Å². The molecule has 1 saturated heterocycles. The molecule has 2 amide bonds. The number of hydrogen-bond acceptors (Lipinski definition) is 3. The maximum atomic E-state index is 13.2. The quantitative estimate of drug-likeness (QED) is 0.882. The molecule has 1 fully saturated rings. The summed E-state index contributed by atoms with van der Waals surface area (Å²) in [7, 11) is 0. The first-order chi connectivity index (χ1) is 11.0. The highest BCUT2D eigenvalue weighted by atomic mass is 19.2. The number of likely N-dealkylation sites (tertiary alicyclic amines) is 1. The lowest BCUT2D eigenvalue weighted by molar-refractivity contribution is -0.139. The van der Waals surface area contributed by atoms with Crippen LogP contribution in [0, 0.1) is 11.6 Å². The summed E-state index contributed by atoms with van der Waals surface area (Å²) in [6, 6.07) is 11.7. The van der Waals surface area contributed by atoms with Crippen LogP contribution in [0.2, 0.25) is 0 Å². The number of nitrogens with zero attached hydrogens (tertiary/aromatic N) is 1. The Morgan fingerprint density at radius 1 is 1.04 bits per heavy atom. The van der Waals surface area contributed by atoms with E-state index in [1.54, 1.807) is 0 Å². The minimum absolute atomic E-state index is 0.00926. The molecule has 1 aliphatic rings. The maximum absolute atomic E-state index is 13.2. The third kappa shape index (κ3) is 3.21. The zero-order valence-electron chi connectivity index (χ0n) is 12.1. The molecular formula is C17H14F2N2O2. The Kier molecular flexibility index (Phi) is 4.06. The molecule has 118 valence electrons. The van der Waals surface area contributed by atoms with E-state index >= 15 is 0 Å². The number of benzene rings is 2. The van der Waals surface area contributed by atoms with Gasteiger partial charge in [0, 0.05) is 11.8 Å². The molecule has 23 heavy (non-hydrogen) atoms. The minimum atomic E-state index is -1.01. The van der Waals surface area contributed by atoms with Crippen molar-refractivity contribution in [2.75, 3.05) is 5.32 Å². The van der Waals surface area contributed by atoms with Gasteiger partial charge in [0.25, 0.3) is 5.91 Å². The molecule has 0 radical (unpaired) electrons. The number of carbonyl (C=O) groups is 2. The lowest BCUT2D eigenvalue weighted by atomic mass is 10.2. The van der Waals surface area contributed by atoms with Crippen molar-refractivity contribution in [3.8, 4) is 0 Å². The summed E-state index contributed by atoms with van der Waals surface area (Å²) in [5.41, 5.74) is 1.11. The van der Waals surface area contributed by atoms with Gasteiger partial charge in [0.2, 0.25) is 5.91 Å². The van der Waals surface area contributed by atoms with Crippen LogP contribution in [-0.2, 0) is 16.1 Å². The molecule has 1 atom stereocenters. The standard InChI is InChI=1S/C17H14F2N2O2/c18-13-7-6-12(8-14(13)19)20-15-9-16(22)21(17(15)23)10-11-4-2-1-3-5-11/h1-8,15,20H,9-10H2/t15-/m0/s1. The summed E-state index contributed by atoms with van der Waals surface area (Å²) in [6.07, 6.45) is -0.00926. The van der Waals surface area contributed by atoms with Crippen molar-refractivity contribution in [2.45, 2.75) is 19.0 Å². The van der Waals surface area contributed by atoms with E-state index in [2.05, 4.69) is 5.32 Å². The average molecular weight is 316 g/mol. The fraction of sp³-hybridized carbons (Fsp3) is 0.176. The summed E-state index contributed by atoms with van der Waals surface area (Å²) < 4.78 is 26.1. The molecule has 0 spiro atoms. The van der Waals surface area contributed by atoms with Crippen LogP contribution < -0.4 is 5.32 Å². The van der Waals surface area contributed by atoms with Crippen LogP contribution in [-0.4, -0.2) is 22.8 Å². The Balaban J connectivity index is 1.72. The molecule has 0 aromatic heterocycles. The summed E-state index contributed by atoms with van der Waals surface area (Å²) in [5.74, 6) is -2.63. The van der Waals surface area contributed by atoms with Crippen LogP contribution in [0.1, 0.15) is 12.0 Å². The Morgan fingerprint density at radius 3 is 2.48 bits per heavy atom. The molecule has 4 nitrogen and oxygen atoms in total. The van der Waals surface area contributed by atoms with Crippen molar-refractivity contribution in [3.63, 3.8) is 0 Å². The van der Waals surface area contributed by atoms with Crippen molar-refractivity contribution in [1.29, 1.82) is 0 Å². The predicted octanol–water partition coefficient (Wildman–Crippen LogP) is 2.70. The first-order valence-electron chi connectivity index (χ1n) is 7.14. The predicted molar refractivity (Wildman–Crippen MR) is 80.4 cm³/mol. The fourth-order valence-corrected chi connectivity index (χ4v) is 2.52. The Bertz CT molecular complexity index is 750. The average Bonchev–Trinajstić information content (AvgIpc) is 2.80. The molecule has 6 heteroatoms. The van der Waals surface area contributed by atoms with Crippen molar-refractivity contribution < 1.29 is 18.4 Å². The lowest BCUT2D eigenvalue weighted by Gasteiger charge is -2.16. The normalized spacial score (nSPS) is 17.7. The largest absolute Gasteiger partial charge is 0.373 e. The van der Waals surface area contributed by atoms with Gasteiger partial charge >= 0.3 is 0 Å². The van der Waals surface area contributed by atoms with E-state index < -0.39 is 17.7 Å². The van der Waals surface area contributed by atoms with Gasteiger partial charge in [0.15, 0.2) is 11.6 Å². The van der Waals surface area contributed by atoms with Crippen molar-refractivity contribution >= 4 is 17.5 Å². The van der Waals surface area contributed by atoms with Crippen LogP contribution >= 0.6 is 0 Å². The number of amides is 2. The van der Waals surface area contributed by atoms with E-state index in [0.29, 0.717) is 0 Å². The molecule has 3 rings (SSSR count). The highest BCUT2D eigenvalue weighted by Crippen LogP contribution is 2.21. The number of anilines is 1. The second-order valence-electron chi connectivity index (χ2n) is 5.33. The van der Waals surface area contributed by atoms with Crippen LogP contribution in [0.15, 0.2) is 48.5 Å². The summed E-state index contributed by atoms with van der Waals surface area (Å²) >= 11 is 0. The molecule has 1 aliphatic heterocycles. The first kappa shape index (κ1) is 15.1. The number of imide groups is 1. The van der Waals surface area contributed by atoms with E-state index in [1.165, 1.54) is 11.0 Å². The SMILES string of the molecule is O=C1C[C@H](Nc2ccc(F)c(F)c2)C(=O)N1Cc1ccccc1. The van der Waals surface area contributed by atoms with E-state index in [1.807, 2.05) is 30.3 Å². The number of carbonyl (C=O) groups excluding carboxylic acids is 2. The number of rotatable bonds is 4. The van der Waals surface area contributed by atoms with Crippen LogP contribution in [0.25, 0.3) is 0 Å². The highest BCUT2D eigenvalue weighted by Gasteiger charge is 2.38.